The Labute approximate surface area is 130 Å². The quantitative estimate of drug-likeness (QED) is 0.883. The van der Waals surface area contributed by atoms with Crippen LogP contribution in [0.25, 0.3) is 0 Å². The maximum absolute atomic E-state index is 5.43. The van der Waals surface area contributed by atoms with Crippen molar-refractivity contribution in [3.63, 3.8) is 0 Å². The molecule has 0 saturated carbocycles. The highest BCUT2D eigenvalue weighted by Gasteiger charge is 2.06. The number of ether oxygens (including phenoxy) is 2. The molecular formula is C16H22N4O2. The van der Waals surface area contributed by atoms with Crippen molar-refractivity contribution in [1.29, 1.82) is 0 Å². The van der Waals surface area contributed by atoms with Crippen molar-refractivity contribution in [2.24, 2.45) is 9.98 Å². The summed E-state index contributed by atoms with van der Waals surface area (Å²) in [6.45, 7) is 4.65. The minimum atomic E-state index is 0.657. The molecule has 1 aromatic carbocycles. The molecular weight excluding hydrogens is 280 g/mol. The van der Waals surface area contributed by atoms with E-state index in [9.17, 15) is 0 Å². The molecule has 0 saturated heterocycles. The third kappa shape index (κ3) is 4.38. The van der Waals surface area contributed by atoms with Crippen LogP contribution >= 0.6 is 0 Å². The van der Waals surface area contributed by atoms with Crippen LogP contribution in [0.2, 0.25) is 0 Å². The van der Waals surface area contributed by atoms with E-state index in [0.29, 0.717) is 12.0 Å². The van der Waals surface area contributed by atoms with Gasteiger partial charge in [-0.15, -0.1) is 0 Å². The number of amidine groups is 2. The monoisotopic (exact) mass is 302 g/mol. The van der Waals surface area contributed by atoms with Gasteiger partial charge in [-0.2, -0.15) is 0 Å². The molecule has 118 valence electrons. The summed E-state index contributed by atoms with van der Waals surface area (Å²) >= 11 is 0. The first-order valence-electron chi connectivity index (χ1n) is 7.80. The fourth-order valence-electron chi connectivity index (χ4n) is 2.26. The first-order valence-corrected chi connectivity index (χ1v) is 7.80. The molecule has 0 fully saturated rings. The number of hydrogen-bond donors (Lipinski definition) is 2. The van der Waals surface area contributed by atoms with Crippen molar-refractivity contribution in [2.75, 3.05) is 26.3 Å². The standard InChI is InChI=1S/C16H22N4O2/c1-7-17-15(21-9-1)19-11-13-3-5-14(6-4-13)12-20-16-18-8-2-10-22-16/h3-6H,1-2,7-12H2,(H,17,19)(H,18,20). The lowest BCUT2D eigenvalue weighted by molar-refractivity contribution is 0.266. The van der Waals surface area contributed by atoms with Gasteiger partial charge in [-0.3, -0.25) is 0 Å². The van der Waals surface area contributed by atoms with E-state index >= 15 is 0 Å². The zero-order valence-electron chi connectivity index (χ0n) is 12.7. The van der Waals surface area contributed by atoms with Crippen LogP contribution in [-0.2, 0) is 22.6 Å². The fourth-order valence-corrected chi connectivity index (χ4v) is 2.26. The van der Waals surface area contributed by atoms with E-state index in [0.717, 1.165) is 52.2 Å². The number of nitrogens with zero attached hydrogens (tertiary/aromatic N) is 2. The van der Waals surface area contributed by atoms with Gasteiger partial charge in [0, 0.05) is 39.0 Å². The Hall–Kier alpha value is -2.24. The van der Waals surface area contributed by atoms with Gasteiger partial charge >= 0.3 is 0 Å². The highest BCUT2D eigenvalue weighted by molar-refractivity contribution is 5.74. The number of nitrogens with one attached hydrogen (secondary N) is 2. The summed E-state index contributed by atoms with van der Waals surface area (Å²) in [7, 11) is 0. The molecule has 2 N–H and O–H groups in total. The topological polar surface area (TPSA) is 67.2 Å². The molecule has 2 aliphatic heterocycles. The van der Waals surface area contributed by atoms with Crippen LogP contribution < -0.4 is 10.6 Å². The van der Waals surface area contributed by atoms with Crippen LogP contribution in [-0.4, -0.2) is 38.3 Å². The van der Waals surface area contributed by atoms with E-state index in [1.165, 1.54) is 11.1 Å². The van der Waals surface area contributed by atoms with Crippen LogP contribution in [0.1, 0.15) is 24.0 Å². The molecule has 0 unspecified atom stereocenters. The average Bonchev–Trinajstić information content (AvgIpc) is 2.61. The van der Waals surface area contributed by atoms with Gasteiger partial charge in [-0.05, 0) is 11.1 Å². The summed E-state index contributed by atoms with van der Waals surface area (Å²) in [4.78, 5) is 8.58. The molecule has 6 nitrogen and oxygen atoms in total. The minimum absolute atomic E-state index is 0.657. The van der Waals surface area contributed by atoms with Crippen molar-refractivity contribution in [3.05, 3.63) is 35.4 Å². The second-order valence-corrected chi connectivity index (χ2v) is 5.30. The van der Waals surface area contributed by atoms with Crippen LogP contribution in [0.4, 0.5) is 0 Å². The van der Waals surface area contributed by atoms with Gasteiger partial charge in [0.2, 0.25) is 0 Å². The Bertz CT molecular complexity index is 491. The maximum Gasteiger partial charge on any atom is 0.284 e. The summed E-state index contributed by atoms with van der Waals surface area (Å²) in [5.41, 5.74) is 2.40. The Morgan fingerprint density at radius 1 is 0.773 bits per heavy atom. The van der Waals surface area contributed by atoms with Crippen LogP contribution in [0, 0.1) is 0 Å². The van der Waals surface area contributed by atoms with Gasteiger partial charge in [0.1, 0.15) is 0 Å². The van der Waals surface area contributed by atoms with Crippen molar-refractivity contribution >= 4 is 12.0 Å². The van der Waals surface area contributed by atoms with Gasteiger partial charge < -0.3 is 20.1 Å². The van der Waals surface area contributed by atoms with Gasteiger partial charge in [-0.1, -0.05) is 24.3 Å². The smallest absolute Gasteiger partial charge is 0.284 e. The lowest BCUT2D eigenvalue weighted by Crippen LogP contribution is -2.29. The van der Waals surface area contributed by atoms with Crippen LogP contribution in [0.15, 0.2) is 34.3 Å². The molecule has 0 bridgehead atoms. The molecule has 0 radical (unpaired) electrons. The van der Waals surface area contributed by atoms with E-state index in [2.05, 4.69) is 44.9 Å². The number of benzene rings is 1. The van der Waals surface area contributed by atoms with Gasteiger partial charge in [0.25, 0.3) is 12.0 Å². The van der Waals surface area contributed by atoms with Crippen molar-refractivity contribution in [1.82, 2.24) is 10.6 Å². The molecule has 2 aliphatic rings. The van der Waals surface area contributed by atoms with E-state index in [1.807, 2.05) is 0 Å². The third-order valence-electron chi connectivity index (χ3n) is 3.50. The molecule has 0 amide bonds. The van der Waals surface area contributed by atoms with E-state index < -0.39 is 0 Å². The summed E-state index contributed by atoms with van der Waals surface area (Å²) in [6, 6.07) is 9.75. The predicted molar refractivity (Wildman–Crippen MR) is 85.9 cm³/mol. The molecule has 6 heteroatoms. The third-order valence-corrected chi connectivity index (χ3v) is 3.50. The lowest BCUT2D eigenvalue weighted by atomic mass is 10.1. The summed E-state index contributed by atoms with van der Waals surface area (Å²) in [5.74, 6) is 0. The molecule has 0 aromatic heterocycles. The number of aliphatic imine (C=N–C) groups is 2. The highest BCUT2D eigenvalue weighted by atomic mass is 16.5. The Morgan fingerprint density at radius 3 is 1.59 bits per heavy atom. The molecule has 22 heavy (non-hydrogen) atoms. The fraction of sp³-hybridized carbons (Fsp3) is 0.500. The Balaban J connectivity index is 1.45. The Morgan fingerprint density at radius 2 is 1.23 bits per heavy atom. The number of rotatable bonds is 4. The zero-order chi connectivity index (χ0) is 15.0. The van der Waals surface area contributed by atoms with Gasteiger partial charge in [0.15, 0.2) is 0 Å². The normalized spacial score (nSPS) is 17.6. The molecule has 2 heterocycles. The minimum Gasteiger partial charge on any atom is -0.465 e. The van der Waals surface area contributed by atoms with Crippen LogP contribution in [0.3, 0.4) is 0 Å². The first kappa shape index (κ1) is 14.7. The summed E-state index contributed by atoms with van der Waals surface area (Å²) < 4.78 is 10.9. The first-order chi connectivity index (χ1) is 10.9. The van der Waals surface area contributed by atoms with Crippen LogP contribution in [0.5, 0.6) is 0 Å². The molecule has 3 rings (SSSR count). The van der Waals surface area contributed by atoms with Crippen molar-refractivity contribution in [3.8, 4) is 0 Å². The predicted octanol–water partition coefficient (Wildman–Crippen LogP) is 1.42. The molecule has 1 aromatic rings. The molecule has 0 spiro atoms. The summed E-state index contributed by atoms with van der Waals surface area (Å²) in [5, 5.41) is 6.43. The summed E-state index contributed by atoms with van der Waals surface area (Å²) in [6.07, 6.45) is 2.00. The lowest BCUT2D eigenvalue weighted by Gasteiger charge is -2.16. The Kier molecular flexibility index (Phi) is 5.13. The largest absolute Gasteiger partial charge is 0.465 e. The van der Waals surface area contributed by atoms with Gasteiger partial charge in [0.05, 0.1) is 13.2 Å². The average molecular weight is 302 g/mol. The highest BCUT2D eigenvalue weighted by Crippen LogP contribution is 2.05. The van der Waals surface area contributed by atoms with E-state index in [-0.39, 0.29) is 0 Å². The molecule has 0 aliphatic carbocycles. The van der Waals surface area contributed by atoms with Gasteiger partial charge in [-0.25, -0.2) is 9.98 Å². The van der Waals surface area contributed by atoms with Crippen molar-refractivity contribution in [2.45, 2.75) is 25.9 Å². The molecule has 0 atom stereocenters. The SMILES string of the molecule is c1cc(CNC2=NCCCO2)ccc1CNC1=NCCCO1. The van der Waals surface area contributed by atoms with E-state index in [1.54, 1.807) is 0 Å². The second kappa shape index (κ2) is 7.68. The number of hydrogen-bond acceptors (Lipinski definition) is 6. The second-order valence-electron chi connectivity index (χ2n) is 5.30. The van der Waals surface area contributed by atoms with E-state index in [4.69, 9.17) is 9.47 Å². The maximum atomic E-state index is 5.43. The zero-order valence-corrected chi connectivity index (χ0v) is 12.7. The van der Waals surface area contributed by atoms with Crippen molar-refractivity contribution < 1.29 is 9.47 Å².